The summed E-state index contributed by atoms with van der Waals surface area (Å²) in [6, 6.07) is 0. The molecule has 2 aliphatic carbocycles. The summed E-state index contributed by atoms with van der Waals surface area (Å²) in [6.07, 6.45) is 5.00. The van der Waals surface area contributed by atoms with E-state index in [2.05, 4.69) is 27.7 Å². The maximum Gasteiger partial charge on any atom is 0.314 e. The topological polar surface area (TPSA) is 61.8 Å². The van der Waals surface area contributed by atoms with Crippen molar-refractivity contribution in [2.45, 2.75) is 84.8 Å². The first-order valence-corrected chi connectivity index (χ1v) is 10.2. The molecule has 0 aromatic carbocycles. The van der Waals surface area contributed by atoms with Gasteiger partial charge in [0.15, 0.2) is 6.79 Å². The largest absolute Gasteiger partial charge is 0.462 e. The number of hydrogen-bond acceptors (Lipinski definition) is 5. The predicted octanol–water partition coefficient (Wildman–Crippen LogP) is 4.09. The van der Waals surface area contributed by atoms with E-state index in [1.165, 1.54) is 0 Å². The van der Waals surface area contributed by atoms with Gasteiger partial charge in [-0.25, -0.2) is 0 Å². The van der Waals surface area contributed by atoms with Gasteiger partial charge in [-0.3, -0.25) is 9.59 Å². The summed E-state index contributed by atoms with van der Waals surface area (Å²) in [5.41, 5.74) is -0.871. The first-order valence-electron chi connectivity index (χ1n) is 10.2. The van der Waals surface area contributed by atoms with E-state index < -0.39 is 5.41 Å². The molecule has 0 spiro atoms. The first-order chi connectivity index (χ1) is 12.1. The van der Waals surface area contributed by atoms with Gasteiger partial charge in [-0.05, 0) is 56.8 Å². The van der Waals surface area contributed by atoms with Crippen LogP contribution in [0.1, 0.15) is 73.1 Å². The highest BCUT2D eigenvalue weighted by molar-refractivity contribution is 5.76. The Hall–Kier alpha value is -1.10. The van der Waals surface area contributed by atoms with Crippen molar-refractivity contribution in [1.29, 1.82) is 0 Å². The second-order valence-corrected chi connectivity index (χ2v) is 9.75. The van der Waals surface area contributed by atoms with Crippen molar-refractivity contribution in [2.75, 3.05) is 6.79 Å². The lowest BCUT2D eigenvalue weighted by atomic mass is 9.65. The van der Waals surface area contributed by atoms with Crippen LogP contribution in [0.25, 0.3) is 0 Å². The summed E-state index contributed by atoms with van der Waals surface area (Å²) < 4.78 is 17.3. The van der Waals surface area contributed by atoms with Crippen LogP contribution in [0.5, 0.6) is 0 Å². The second kappa shape index (κ2) is 7.14. The summed E-state index contributed by atoms with van der Waals surface area (Å²) in [5, 5.41) is 0. The zero-order valence-electron chi connectivity index (χ0n) is 16.9. The number of ether oxygens (including phenoxy) is 3. The third-order valence-electron chi connectivity index (χ3n) is 6.84. The van der Waals surface area contributed by atoms with Crippen LogP contribution in [0.15, 0.2) is 0 Å². The number of hydrogen-bond donors (Lipinski definition) is 0. The normalized spacial score (nSPS) is 35.3. The fourth-order valence-corrected chi connectivity index (χ4v) is 5.33. The van der Waals surface area contributed by atoms with Crippen LogP contribution in [0.2, 0.25) is 0 Å². The summed E-state index contributed by atoms with van der Waals surface area (Å²) in [5.74, 6) is 0.798. The molecule has 2 saturated carbocycles. The van der Waals surface area contributed by atoms with Gasteiger partial charge in [0.05, 0.1) is 16.9 Å². The van der Waals surface area contributed by atoms with Gasteiger partial charge in [0.1, 0.15) is 6.10 Å². The van der Waals surface area contributed by atoms with E-state index in [0.29, 0.717) is 18.3 Å². The van der Waals surface area contributed by atoms with E-state index in [-0.39, 0.29) is 42.3 Å². The van der Waals surface area contributed by atoms with Gasteiger partial charge in [-0.2, -0.15) is 0 Å². The SMILES string of the molecule is CC(C)CC(C)(C(=O)OCOC12CC3CC(C1)OC(=O)C(C3)C2)C(C)C. The lowest BCUT2D eigenvalue weighted by molar-refractivity contribution is -0.202. The van der Waals surface area contributed by atoms with Crippen LogP contribution in [-0.2, 0) is 23.8 Å². The molecule has 26 heavy (non-hydrogen) atoms. The molecule has 0 radical (unpaired) electrons. The number of rotatable bonds is 7. The molecule has 2 aliphatic heterocycles. The van der Waals surface area contributed by atoms with Crippen molar-refractivity contribution < 1.29 is 23.8 Å². The minimum absolute atomic E-state index is 0.0282. The van der Waals surface area contributed by atoms with Crippen molar-refractivity contribution in [1.82, 2.24) is 0 Å². The van der Waals surface area contributed by atoms with Gasteiger partial charge in [0.2, 0.25) is 0 Å². The van der Waals surface area contributed by atoms with Gasteiger partial charge in [-0.1, -0.05) is 27.7 Å². The maximum absolute atomic E-state index is 12.8. The summed E-state index contributed by atoms with van der Waals surface area (Å²) in [6.45, 7) is 10.3. The van der Waals surface area contributed by atoms with E-state index in [0.717, 1.165) is 32.1 Å². The molecular formula is C21H34O5. The molecule has 0 aromatic rings. The van der Waals surface area contributed by atoms with Crippen molar-refractivity contribution in [3.63, 3.8) is 0 Å². The van der Waals surface area contributed by atoms with Crippen molar-refractivity contribution >= 4 is 11.9 Å². The zero-order chi connectivity index (χ0) is 19.1. The molecule has 4 aliphatic rings. The smallest absolute Gasteiger partial charge is 0.314 e. The van der Waals surface area contributed by atoms with Crippen molar-refractivity contribution in [2.24, 2.45) is 29.1 Å². The van der Waals surface area contributed by atoms with Crippen LogP contribution < -0.4 is 0 Å². The standard InChI is InChI=1S/C21H34O5/c1-13(2)8-20(5,14(3)4)19(23)24-12-25-21-9-15-6-16(10-21)18(22)26-17(7-15)11-21/h13-17H,6-12H2,1-5H3. The average Bonchev–Trinajstić information content (AvgIpc) is 2.68. The predicted molar refractivity (Wildman–Crippen MR) is 97.1 cm³/mol. The van der Waals surface area contributed by atoms with E-state index in [1.807, 2.05) is 6.92 Å². The maximum atomic E-state index is 12.8. The molecule has 148 valence electrons. The van der Waals surface area contributed by atoms with Gasteiger partial charge in [-0.15, -0.1) is 0 Å². The molecule has 0 N–H and O–H groups in total. The number of carbonyl (C=O) groups is 2. The first kappa shape index (κ1) is 19.7. The van der Waals surface area contributed by atoms with E-state index in [4.69, 9.17) is 14.2 Å². The molecule has 0 aromatic heterocycles. The molecule has 0 amide bonds. The van der Waals surface area contributed by atoms with Gasteiger partial charge in [0, 0.05) is 6.42 Å². The number of esters is 2. The summed E-state index contributed by atoms with van der Waals surface area (Å²) in [7, 11) is 0. The molecular weight excluding hydrogens is 332 g/mol. The van der Waals surface area contributed by atoms with Crippen molar-refractivity contribution in [3.05, 3.63) is 0 Å². The van der Waals surface area contributed by atoms with E-state index in [9.17, 15) is 9.59 Å². The number of carbonyl (C=O) groups excluding carboxylic acids is 2. The van der Waals surface area contributed by atoms with Gasteiger partial charge < -0.3 is 14.2 Å². The Morgan fingerprint density at radius 1 is 1.23 bits per heavy atom. The lowest BCUT2D eigenvalue weighted by Gasteiger charge is -2.45. The summed E-state index contributed by atoms with van der Waals surface area (Å²) >= 11 is 0. The highest BCUT2D eigenvalue weighted by atomic mass is 16.7. The Morgan fingerprint density at radius 3 is 2.62 bits per heavy atom. The second-order valence-electron chi connectivity index (χ2n) is 9.75. The fourth-order valence-electron chi connectivity index (χ4n) is 5.33. The average molecular weight is 366 g/mol. The molecule has 4 bridgehead atoms. The highest BCUT2D eigenvalue weighted by Gasteiger charge is 2.53. The van der Waals surface area contributed by atoms with Crippen LogP contribution in [-0.4, -0.2) is 30.4 Å². The molecule has 4 rings (SSSR count). The Labute approximate surface area is 157 Å². The summed E-state index contributed by atoms with van der Waals surface area (Å²) in [4.78, 5) is 24.9. The third kappa shape index (κ3) is 3.78. The molecule has 4 fully saturated rings. The Bertz CT molecular complexity index is 557. The van der Waals surface area contributed by atoms with Crippen LogP contribution in [0, 0.1) is 29.1 Å². The minimum atomic E-state index is -0.505. The van der Waals surface area contributed by atoms with Crippen LogP contribution in [0.4, 0.5) is 0 Å². The zero-order valence-corrected chi connectivity index (χ0v) is 16.9. The Morgan fingerprint density at radius 2 is 1.96 bits per heavy atom. The molecule has 2 heterocycles. The molecule has 2 saturated heterocycles. The molecule has 5 heteroatoms. The van der Waals surface area contributed by atoms with Crippen LogP contribution >= 0.6 is 0 Å². The van der Waals surface area contributed by atoms with Crippen molar-refractivity contribution in [3.8, 4) is 0 Å². The van der Waals surface area contributed by atoms with Crippen LogP contribution in [0.3, 0.4) is 0 Å². The van der Waals surface area contributed by atoms with E-state index >= 15 is 0 Å². The van der Waals surface area contributed by atoms with Gasteiger partial charge >= 0.3 is 11.9 Å². The highest BCUT2D eigenvalue weighted by Crippen LogP contribution is 2.51. The quantitative estimate of drug-likeness (QED) is 0.502. The third-order valence-corrected chi connectivity index (χ3v) is 6.84. The molecule has 5 unspecified atom stereocenters. The monoisotopic (exact) mass is 366 g/mol. The van der Waals surface area contributed by atoms with Gasteiger partial charge in [0.25, 0.3) is 0 Å². The Balaban J connectivity index is 1.61. The van der Waals surface area contributed by atoms with E-state index in [1.54, 1.807) is 0 Å². The molecule has 5 atom stereocenters. The molecule has 5 nitrogen and oxygen atoms in total. The number of fused-ring (bicyclic) bond motifs is 1. The lowest BCUT2D eigenvalue weighted by Crippen LogP contribution is -2.47. The minimum Gasteiger partial charge on any atom is -0.462 e. The fraction of sp³-hybridized carbons (Fsp3) is 0.905. The Kier molecular flexibility index (Phi) is 5.40.